The van der Waals surface area contributed by atoms with Crippen molar-refractivity contribution in [2.75, 3.05) is 13.1 Å². The first-order chi connectivity index (χ1) is 13.0. The maximum atomic E-state index is 12.9. The van der Waals surface area contributed by atoms with Crippen LogP contribution >= 0.6 is 0 Å². The van der Waals surface area contributed by atoms with Crippen molar-refractivity contribution in [3.05, 3.63) is 34.9 Å². The summed E-state index contributed by atoms with van der Waals surface area (Å²) in [5, 5.41) is 5.68. The zero-order valence-electron chi connectivity index (χ0n) is 14.7. The van der Waals surface area contributed by atoms with E-state index in [1.807, 2.05) is 6.07 Å². The Kier molecular flexibility index (Phi) is 3.66. The quantitative estimate of drug-likeness (QED) is 0.707. The summed E-state index contributed by atoms with van der Waals surface area (Å²) >= 11 is 0. The number of piperazine rings is 1. The Labute approximate surface area is 155 Å². The van der Waals surface area contributed by atoms with Crippen molar-refractivity contribution in [3.8, 4) is 0 Å². The first-order valence-corrected chi connectivity index (χ1v) is 9.33. The monoisotopic (exact) mass is 368 g/mol. The molecule has 3 unspecified atom stereocenters. The van der Waals surface area contributed by atoms with E-state index in [2.05, 4.69) is 15.5 Å². The van der Waals surface area contributed by atoms with E-state index in [0.29, 0.717) is 23.2 Å². The number of hydrogen-bond donors (Lipinski definition) is 2. The molecular formula is C19H20N4O4. The van der Waals surface area contributed by atoms with E-state index < -0.39 is 23.8 Å². The number of carbonyl (C=O) groups is 4. The van der Waals surface area contributed by atoms with Crippen molar-refractivity contribution < 1.29 is 19.2 Å². The van der Waals surface area contributed by atoms with Crippen LogP contribution in [0.4, 0.5) is 0 Å². The molecular weight excluding hydrogens is 348 g/mol. The molecule has 0 radical (unpaired) electrons. The number of nitrogens with one attached hydrogen (secondary N) is 2. The van der Waals surface area contributed by atoms with E-state index in [4.69, 9.17) is 0 Å². The Morgan fingerprint density at radius 3 is 2.59 bits per heavy atom. The van der Waals surface area contributed by atoms with Gasteiger partial charge in [0.15, 0.2) is 0 Å². The van der Waals surface area contributed by atoms with Gasteiger partial charge in [-0.3, -0.25) is 34.3 Å². The van der Waals surface area contributed by atoms with E-state index in [1.165, 1.54) is 0 Å². The molecule has 2 N–H and O–H groups in total. The Hall–Kier alpha value is -2.58. The highest BCUT2D eigenvalue weighted by Gasteiger charge is 2.45. The molecule has 4 aliphatic heterocycles. The van der Waals surface area contributed by atoms with Gasteiger partial charge in [0.2, 0.25) is 11.8 Å². The maximum Gasteiger partial charge on any atom is 0.262 e. The summed E-state index contributed by atoms with van der Waals surface area (Å²) in [6.45, 7) is 2.74. The third kappa shape index (κ3) is 2.59. The van der Waals surface area contributed by atoms with Gasteiger partial charge >= 0.3 is 0 Å². The van der Waals surface area contributed by atoms with E-state index >= 15 is 0 Å². The van der Waals surface area contributed by atoms with Crippen LogP contribution in [0.25, 0.3) is 0 Å². The van der Waals surface area contributed by atoms with Gasteiger partial charge in [-0.1, -0.05) is 6.07 Å². The molecule has 4 amide bonds. The normalized spacial score (nSPS) is 30.2. The van der Waals surface area contributed by atoms with Gasteiger partial charge in [0.05, 0.1) is 11.1 Å². The van der Waals surface area contributed by atoms with Crippen molar-refractivity contribution in [2.45, 2.75) is 43.9 Å². The molecule has 0 aliphatic carbocycles. The fourth-order valence-corrected chi connectivity index (χ4v) is 4.69. The Bertz CT molecular complexity index is 882. The van der Waals surface area contributed by atoms with Crippen LogP contribution in [-0.2, 0) is 16.1 Å². The molecule has 3 saturated heterocycles. The van der Waals surface area contributed by atoms with Crippen LogP contribution in [0, 0.1) is 0 Å². The number of likely N-dealkylation sites (tertiary alicyclic amines) is 1. The lowest BCUT2D eigenvalue weighted by Gasteiger charge is -2.27. The van der Waals surface area contributed by atoms with Gasteiger partial charge in [-0.15, -0.1) is 0 Å². The van der Waals surface area contributed by atoms with Crippen molar-refractivity contribution in [1.29, 1.82) is 0 Å². The van der Waals surface area contributed by atoms with E-state index in [1.54, 1.807) is 12.1 Å². The number of benzene rings is 1. The van der Waals surface area contributed by atoms with Crippen molar-refractivity contribution in [2.24, 2.45) is 0 Å². The number of imide groups is 2. The number of fused-ring (bicyclic) bond motifs is 3. The van der Waals surface area contributed by atoms with Crippen LogP contribution in [0.1, 0.15) is 45.5 Å². The van der Waals surface area contributed by atoms with Gasteiger partial charge in [0.1, 0.15) is 6.04 Å². The van der Waals surface area contributed by atoms with Gasteiger partial charge in [-0.25, -0.2) is 0 Å². The number of hydrogen-bond acceptors (Lipinski definition) is 6. The second-order valence-electron chi connectivity index (χ2n) is 7.75. The lowest BCUT2D eigenvalue weighted by atomic mass is 10.0. The molecule has 0 saturated carbocycles. The highest BCUT2D eigenvalue weighted by molar-refractivity contribution is 6.23. The van der Waals surface area contributed by atoms with Crippen molar-refractivity contribution in [3.63, 3.8) is 0 Å². The third-order valence-electron chi connectivity index (χ3n) is 6.06. The average molecular weight is 368 g/mol. The Balaban J connectivity index is 1.38. The summed E-state index contributed by atoms with van der Waals surface area (Å²) in [4.78, 5) is 52.5. The second-order valence-corrected chi connectivity index (χ2v) is 7.75. The molecule has 8 heteroatoms. The molecule has 3 fully saturated rings. The predicted octanol–water partition coefficient (Wildman–Crippen LogP) is -0.366. The number of nitrogens with zero attached hydrogens (tertiary/aromatic N) is 2. The smallest absolute Gasteiger partial charge is 0.262 e. The highest BCUT2D eigenvalue weighted by atomic mass is 16.2. The van der Waals surface area contributed by atoms with Crippen LogP contribution in [-0.4, -0.2) is 64.6 Å². The molecule has 5 rings (SSSR count). The molecule has 4 aliphatic rings. The molecule has 4 heterocycles. The summed E-state index contributed by atoms with van der Waals surface area (Å²) in [6, 6.07) is 5.51. The van der Waals surface area contributed by atoms with E-state index in [9.17, 15) is 19.2 Å². The lowest BCUT2D eigenvalue weighted by Crippen LogP contribution is -2.54. The predicted molar refractivity (Wildman–Crippen MR) is 93.7 cm³/mol. The van der Waals surface area contributed by atoms with Gasteiger partial charge in [0.25, 0.3) is 11.8 Å². The molecule has 1 aromatic carbocycles. The summed E-state index contributed by atoms with van der Waals surface area (Å²) in [6.07, 6.45) is 1.46. The Morgan fingerprint density at radius 1 is 1.07 bits per heavy atom. The number of piperidine rings is 1. The van der Waals surface area contributed by atoms with Gasteiger partial charge < -0.3 is 5.32 Å². The first kappa shape index (κ1) is 16.6. The topological polar surface area (TPSA) is 98.8 Å². The van der Waals surface area contributed by atoms with Crippen LogP contribution < -0.4 is 10.6 Å². The van der Waals surface area contributed by atoms with Gasteiger partial charge in [-0.05, 0) is 30.5 Å². The van der Waals surface area contributed by atoms with Crippen LogP contribution in [0.2, 0.25) is 0 Å². The standard InChI is InChI=1S/C19H20N4O4/c24-16-4-3-15(17(25)21-16)23-18(26)13-2-1-10(5-14(13)19(23)27)8-22-9-11-6-12(22)7-20-11/h1-2,5,11-12,15,20H,3-4,6-9H2,(H,21,24,25). The van der Waals surface area contributed by atoms with Crippen LogP contribution in [0.3, 0.4) is 0 Å². The van der Waals surface area contributed by atoms with Crippen molar-refractivity contribution >= 4 is 23.6 Å². The summed E-state index contributed by atoms with van der Waals surface area (Å²) in [5.41, 5.74) is 1.68. The van der Waals surface area contributed by atoms with Crippen molar-refractivity contribution in [1.82, 2.24) is 20.4 Å². The minimum Gasteiger partial charge on any atom is -0.311 e. The molecule has 8 nitrogen and oxygen atoms in total. The number of carbonyl (C=O) groups excluding carboxylic acids is 4. The molecule has 27 heavy (non-hydrogen) atoms. The average Bonchev–Trinajstić information content (AvgIpc) is 3.31. The van der Waals surface area contributed by atoms with Crippen LogP contribution in [0.5, 0.6) is 0 Å². The molecule has 2 bridgehead atoms. The van der Waals surface area contributed by atoms with Gasteiger partial charge in [0, 0.05) is 38.1 Å². The lowest BCUT2D eigenvalue weighted by molar-refractivity contribution is -0.136. The molecule has 140 valence electrons. The first-order valence-electron chi connectivity index (χ1n) is 9.33. The molecule has 3 atom stereocenters. The fourth-order valence-electron chi connectivity index (χ4n) is 4.69. The third-order valence-corrected chi connectivity index (χ3v) is 6.06. The summed E-state index contributed by atoms with van der Waals surface area (Å²) in [7, 11) is 0. The maximum absolute atomic E-state index is 12.9. The second kappa shape index (κ2) is 5.97. The number of amides is 4. The minimum absolute atomic E-state index is 0.126. The highest BCUT2D eigenvalue weighted by Crippen LogP contribution is 2.30. The zero-order valence-corrected chi connectivity index (χ0v) is 14.7. The summed E-state index contributed by atoms with van der Waals surface area (Å²) < 4.78 is 0. The molecule has 1 aromatic rings. The Morgan fingerprint density at radius 2 is 1.89 bits per heavy atom. The minimum atomic E-state index is -0.918. The zero-order chi connectivity index (χ0) is 18.7. The van der Waals surface area contributed by atoms with Crippen LogP contribution in [0.15, 0.2) is 18.2 Å². The molecule has 0 aromatic heterocycles. The summed E-state index contributed by atoms with van der Waals surface area (Å²) in [5.74, 6) is -1.86. The number of rotatable bonds is 3. The van der Waals surface area contributed by atoms with E-state index in [-0.39, 0.29) is 18.7 Å². The fraction of sp³-hybridized carbons (Fsp3) is 0.474. The SMILES string of the molecule is O=C1CCC(N2C(=O)c3ccc(CN4CC5CC4CN5)cc3C2=O)C(=O)N1. The molecule has 0 spiro atoms. The van der Waals surface area contributed by atoms with Gasteiger partial charge in [-0.2, -0.15) is 0 Å². The largest absolute Gasteiger partial charge is 0.311 e. The van der Waals surface area contributed by atoms with E-state index in [0.717, 1.165) is 36.5 Å².